The van der Waals surface area contributed by atoms with Gasteiger partial charge in [-0.05, 0) is 37.1 Å². The summed E-state index contributed by atoms with van der Waals surface area (Å²) in [4.78, 5) is 19.9. The summed E-state index contributed by atoms with van der Waals surface area (Å²) in [6, 6.07) is 11.9. The average Bonchev–Trinajstić information content (AvgIpc) is 3.45. The molecule has 0 spiro atoms. The molecule has 2 aromatic carbocycles. The van der Waals surface area contributed by atoms with Crippen LogP contribution in [-0.4, -0.2) is 51.4 Å². The molecule has 0 aliphatic carbocycles. The first-order valence-corrected chi connectivity index (χ1v) is 12.6. The lowest BCUT2D eigenvalue weighted by atomic mass is 10.1. The zero-order valence-electron chi connectivity index (χ0n) is 17.4. The van der Waals surface area contributed by atoms with Crippen LogP contribution in [0.3, 0.4) is 0 Å². The van der Waals surface area contributed by atoms with Crippen LogP contribution < -0.4 is 9.64 Å². The number of anilines is 1. The van der Waals surface area contributed by atoms with Gasteiger partial charge in [-0.25, -0.2) is 13.4 Å². The van der Waals surface area contributed by atoms with E-state index < -0.39 is 15.7 Å². The Morgan fingerprint density at radius 3 is 2.81 bits per heavy atom. The lowest BCUT2D eigenvalue weighted by Crippen LogP contribution is -2.38. The summed E-state index contributed by atoms with van der Waals surface area (Å²) in [5.41, 5.74) is 0.873. The maximum atomic E-state index is 13.7. The van der Waals surface area contributed by atoms with Crippen molar-refractivity contribution in [2.24, 2.45) is 0 Å². The second-order valence-corrected chi connectivity index (χ2v) is 10.5. The highest BCUT2D eigenvalue weighted by Crippen LogP contribution is 2.33. The van der Waals surface area contributed by atoms with E-state index in [9.17, 15) is 13.2 Å². The molecule has 1 atom stereocenters. The molecule has 0 bridgehead atoms. The van der Waals surface area contributed by atoms with Crippen molar-refractivity contribution in [1.29, 1.82) is 0 Å². The second kappa shape index (κ2) is 8.94. The SMILES string of the molecule is CCS(=O)(=O)c1ccccc1C(=O)N(CC1CCCO1)c1nc2cc(OC)ccc2s1. The molecular formula is C22H24N2O5S2. The van der Waals surface area contributed by atoms with Crippen LogP contribution in [0.15, 0.2) is 47.4 Å². The van der Waals surface area contributed by atoms with Crippen molar-refractivity contribution in [2.45, 2.75) is 30.8 Å². The van der Waals surface area contributed by atoms with Gasteiger partial charge in [0.05, 0.1) is 46.2 Å². The molecule has 2 heterocycles. The maximum Gasteiger partial charge on any atom is 0.261 e. The lowest BCUT2D eigenvalue weighted by Gasteiger charge is -2.24. The molecule has 164 valence electrons. The smallest absolute Gasteiger partial charge is 0.261 e. The highest BCUT2D eigenvalue weighted by Gasteiger charge is 2.30. The van der Waals surface area contributed by atoms with Crippen molar-refractivity contribution >= 4 is 42.4 Å². The molecule has 1 saturated heterocycles. The Kier molecular flexibility index (Phi) is 6.27. The van der Waals surface area contributed by atoms with E-state index in [2.05, 4.69) is 4.98 Å². The third kappa shape index (κ3) is 4.44. The molecule has 4 rings (SSSR count). The molecule has 1 amide bonds. The van der Waals surface area contributed by atoms with Gasteiger partial charge in [-0.3, -0.25) is 9.69 Å². The van der Waals surface area contributed by atoms with Gasteiger partial charge >= 0.3 is 0 Å². The van der Waals surface area contributed by atoms with Crippen LogP contribution >= 0.6 is 11.3 Å². The fraction of sp³-hybridized carbons (Fsp3) is 0.364. The third-order valence-corrected chi connectivity index (χ3v) is 8.15. The van der Waals surface area contributed by atoms with Gasteiger partial charge in [-0.1, -0.05) is 30.4 Å². The number of rotatable bonds is 7. The van der Waals surface area contributed by atoms with Crippen LogP contribution in [0.4, 0.5) is 5.13 Å². The second-order valence-electron chi connectivity index (χ2n) is 7.28. The average molecular weight is 461 g/mol. The van der Waals surface area contributed by atoms with Crippen molar-refractivity contribution < 1.29 is 22.7 Å². The van der Waals surface area contributed by atoms with Gasteiger partial charge in [0.15, 0.2) is 15.0 Å². The Labute approximate surface area is 185 Å². The molecule has 1 aliphatic rings. The molecule has 9 heteroatoms. The number of nitrogens with zero attached hydrogens (tertiary/aromatic N) is 2. The number of methoxy groups -OCH3 is 1. The monoisotopic (exact) mass is 460 g/mol. The number of sulfone groups is 1. The van der Waals surface area contributed by atoms with Crippen molar-refractivity contribution in [1.82, 2.24) is 4.98 Å². The molecule has 31 heavy (non-hydrogen) atoms. The first-order valence-electron chi connectivity index (χ1n) is 10.1. The Hall–Kier alpha value is -2.49. The van der Waals surface area contributed by atoms with Gasteiger partial charge < -0.3 is 9.47 Å². The minimum Gasteiger partial charge on any atom is -0.497 e. The Morgan fingerprint density at radius 2 is 2.10 bits per heavy atom. The highest BCUT2D eigenvalue weighted by atomic mass is 32.2. The van der Waals surface area contributed by atoms with Crippen LogP contribution in [0, 0.1) is 0 Å². The molecule has 0 saturated carbocycles. The number of amides is 1. The van der Waals surface area contributed by atoms with Gasteiger partial charge in [0, 0.05) is 12.7 Å². The molecule has 0 N–H and O–H groups in total. The predicted molar refractivity (Wildman–Crippen MR) is 121 cm³/mol. The van der Waals surface area contributed by atoms with E-state index >= 15 is 0 Å². The summed E-state index contributed by atoms with van der Waals surface area (Å²) < 4.78 is 37.2. The molecule has 0 radical (unpaired) electrons. The maximum absolute atomic E-state index is 13.7. The Morgan fingerprint density at radius 1 is 1.29 bits per heavy atom. The summed E-state index contributed by atoms with van der Waals surface area (Å²) in [5, 5.41) is 0.507. The minimum atomic E-state index is -3.56. The fourth-order valence-corrected chi connectivity index (χ4v) is 5.63. The number of thiazole rings is 1. The molecule has 1 aliphatic heterocycles. The van der Waals surface area contributed by atoms with E-state index in [0.717, 1.165) is 23.1 Å². The van der Waals surface area contributed by atoms with Crippen molar-refractivity contribution in [2.75, 3.05) is 30.9 Å². The lowest BCUT2D eigenvalue weighted by molar-refractivity contribution is 0.0915. The number of fused-ring (bicyclic) bond motifs is 1. The van der Waals surface area contributed by atoms with Crippen LogP contribution in [-0.2, 0) is 14.6 Å². The van der Waals surface area contributed by atoms with Crippen LogP contribution in [0.2, 0.25) is 0 Å². The molecule has 1 unspecified atom stereocenters. The molecular weight excluding hydrogens is 436 g/mol. The predicted octanol–water partition coefficient (Wildman–Crippen LogP) is 3.92. The standard InChI is InChI=1S/C22H24N2O5S2/c1-3-31(26,27)20-9-5-4-8-17(20)21(25)24(14-16-7-6-12-29-16)22-23-18-13-15(28-2)10-11-19(18)30-22/h4-5,8-11,13,16H,3,6-7,12,14H2,1-2H3. The van der Waals surface area contributed by atoms with Crippen LogP contribution in [0.25, 0.3) is 10.2 Å². The van der Waals surface area contributed by atoms with Gasteiger partial charge in [0.1, 0.15) is 5.75 Å². The van der Waals surface area contributed by atoms with E-state index in [-0.39, 0.29) is 22.3 Å². The van der Waals surface area contributed by atoms with E-state index in [1.807, 2.05) is 18.2 Å². The number of ether oxygens (including phenoxy) is 2. The first-order chi connectivity index (χ1) is 14.9. The first kappa shape index (κ1) is 21.7. The summed E-state index contributed by atoms with van der Waals surface area (Å²) >= 11 is 1.38. The zero-order chi connectivity index (χ0) is 22.0. The van der Waals surface area contributed by atoms with E-state index in [1.165, 1.54) is 17.4 Å². The number of carbonyl (C=O) groups is 1. The number of benzene rings is 2. The van der Waals surface area contributed by atoms with Crippen LogP contribution in [0.5, 0.6) is 5.75 Å². The number of hydrogen-bond acceptors (Lipinski definition) is 7. The van der Waals surface area contributed by atoms with Crippen molar-refractivity contribution in [3.63, 3.8) is 0 Å². The fourth-order valence-electron chi connectivity index (χ4n) is 3.59. The summed E-state index contributed by atoms with van der Waals surface area (Å²) in [7, 11) is -1.97. The summed E-state index contributed by atoms with van der Waals surface area (Å²) in [6.07, 6.45) is 1.67. The topological polar surface area (TPSA) is 85.8 Å². The van der Waals surface area contributed by atoms with Gasteiger partial charge in [0.2, 0.25) is 0 Å². The van der Waals surface area contributed by atoms with Crippen molar-refractivity contribution in [3.05, 3.63) is 48.0 Å². The van der Waals surface area contributed by atoms with E-state index in [0.29, 0.717) is 24.0 Å². The normalized spacial score (nSPS) is 16.5. The molecule has 7 nitrogen and oxygen atoms in total. The van der Waals surface area contributed by atoms with Gasteiger partial charge in [0.25, 0.3) is 5.91 Å². The Balaban J connectivity index is 1.78. The van der Waals surface area contributed by atoms with Gasteiger partial charge in [-0.15, -0.1) is 0 Å². The molecule has 1 fully saturated rings. The summed E-state index contributed by atoms with van der Waals surface area (Å²) in [5.74, 6) is 0.208. The zero-order valence-corrected chi connectivity index (χ0v) is 19.0. The van der Waals surface area contributed by atoms with Crippen LogP contribution in [0.1, 0.15) is 30.1 Å². The number of carbonyl (C=O) groups excluding carboxylic acids is 1. The largest absolute Gasteiger partial charge is 0.497 e. The van der Waals surface area contributed by atoms with E-state index in [4.69, 9.17) is 9.47 Å². The van der Waals surface area contributed by atoms with E-state index in [1.54, 1.807) is 37.1 Å². The quantitative estimate of drug-likeness (QED) is 0.531. The minimum absolute atomic E-state index is 0.0441. The summed E-state index contributed by atoms with van der Waals surface area (Å²) in [6.45, 7) is 2.54. The highest BCUT2D eigenvalue weighted by molar-refractivity contribution is 7.91. The van der Waals surface area contributed by atoms with Crippen molar-refractivity contribution in [3.8, 4) is 5.75 Å². The third-order valence-electron chi connectivity index (χ3n) is 5.30. The number of aromatic nitrogens is 1. The molecule has 1 aromatic heterocycles. The van der Waals surface area contributed by atoms with Gasteiger partial charge in [-0.2, -0.15) is 0 Å². The molecule has 3 aromatic rings. The number of hydrogen-bond donors (Lipinski definition) is 0. The Bertz CT molecular complexity index is 1200.